The zero-order chi connectivity index (χ0) is 15.0. The molecule has 2 N–H and O–H groups in total. The molecule has 0 atom stereocenters. The van der Waals surface area contributed by atoms with E-state index in [-0.39, 0.29) is 5.91 Å². The van der Waals surface area contributed by atoms with Crippen LogP contribution in [0.1, 0.15) is 42.6 Å². The van der Waals surface area contributed by atoms with Crippen LogP contribution in [-0.4, -0.2) is 43.1 Å². The Kier molecular flexibility index (Phi) is 3.53. The number of rotatable bonds is 3. The first-order chi connectivity index (χ1) is 10.7. The van der Waals surface area contributed by atoms with E-state index in [1.807, 2.05) is 18.3 Å². The SMILES string of the molecule is O=C(NC1CC2(CCC2)C1)c1ccc(N2CCNCC2)cn1. The molecule has 0 unspecified atom stereocenters. The Bertz CT molecular complexity index is 538. The number of carbonyl (C=O) groups is 1. The molecule has 1 aliphatic heterocycles. The lowest BCUT2D eigenvalue weighted by Crippen LogP contribution is -2.53. The van der Waals surface area contributed by atoms with Crippen molar-refractivity contribution in [1.29, 1.82) is 0 Å². The molecule has 5 nitrogen and oxygen atoms in total. The van der Waals surface area contributed by atoms with Crippen molar-refractivity contribution in [1.82, 2.24) is 15.6 Å². The molecular formula is C17H24N4O. The van der Waals surface area contributed by atoms with Gasteiger partial charge in [-0.05, 0) is 43.2 Å². The summed E-state index contributed by atoms with van der Waals surface area (Å²) in [6.45, 7) is 4.01. The van der Waals surface area contributed by atoms with Crippen LogP contribution in [0.5, 0.6) is 0 Å². The fourth-order valence-corrected chi connectivity index (χ4v) is 4.06. The highest BCUT2D eigenvalue weighted by atomic mass is 16.1. The molecule has 0 aromatic carbocycles. The van der Waals surface area contributed by atoms with E-state index in [0.29, 0.717) is 17.2 Å². The number of hydrogen-bond acceptors (Lipinski definition) is 4. The fourth-order valence-electron chi connectivity index (χ4n) is 4.06. The number of carbonyl (C=O) groups excluding carboxylic acids is 1. The number of aromatic nitrogens is 1. The minimum atomic E-state index is -0.0222. The van der Waals surface area contributed by atoms with Crippen LogP contribution in [0.25, 0.3) is 0 Å². The number of piperazine rings is 1. The van der Waals surface area contributed by atoms with Crippen molar-refractivity contribution in [2.45, 2.75) is 38.1 Å². The van der Waals surface area contributed by atoms with Gasteiger partial charge in [0.2, 0.25) is 0 Å². The second-order valence-corrected chi connectivity index (χ2v) is 7.07. The maximum atomic E-state index is 12.3. The molecule has 0 radical (unpaired) electrons. The molecule has 1 spiro atoms. The van der Waals surface area contributed by atoms with E-state index in [0.717, 1.165) is 44.7 Å². The Morgan fingerprint density at radius 3 is 2.64 bits per heavy atom. The number of hydrogen-bond donors (Lipinski definition) is 2. The van der Waals surface area contributed by atoms with Gasteiger partial charge in [-0.2, -0.15) is 0 Å². The molecular weight excluding hydrogens is 276 g/mol. The zero-order valence-electron chi connectivity index (χ0n) is 13.0. The number of pyridine rings is 1. The third kappa shape index (κ3) is 2.58. The van der Waals surface area contributed by atoms with Crippen molar-refractivity contribution >= 4 is 11.6 Å². The molecule has 5 heteroatoms. The number of nitrogens with one attached hydrogen (secondary N) is 2. The van der Waals surface area contributed by atoms with Crippen LogP contribution in [0.4, 0.5) is 5.69 Å². The smallest absolute Gasteiger partial charge is 0.270 e. The summed E-state index contributed by atoms with van der Waals surface area (Å²) < 4.78 is 0. The minimum Gasteiger partial charge on any atom is -0.368 e. The van der Waals surface area contributed by atoms with Gasteiger partial charge in [0.15, 0.2) is 0 Å². The summed E-state index contributed by atoms with van der Waals surface area (Å²) in [6, 6.07) is 4.23. The minimum absolute atomic E-state index is 0.0222. The highest BCUT2D eigenvalue weighted by Crippen LogP contribution is 2.55. The first-order valence-corrected chi connectivity index (χ1v) is 8.47. The van der Waals surface area contributed by atoms with E-state index < -0.39 is 0 Å². The summed E-state index contributed by atoms with van der Waals surface area (Å²) in [5.41, 5.74) is 2.24. The van der Waals surface area contributed by atoms with Crippen molar-refractivity contribution in [2.75, 3.05) is 31.1 Å². The van der Waals surface area contributed by atoms with Gasteiger partial charge in [-0.15, -0.1) is 0 Å². The first kappa shape index (κ1) is 14.0. The van der Waals surface area contributed by atoms with E-state index >= 15 is 0 Å². The van der Waals surface area contributed by atoms with Crippen LogP contribution in [0.15, 0.2) is 18.3 Å². The molecule has 3 aliphatic rings. The number of anilines is 1. The Morgan fingerprint density at radius 1 is 1.27 bits per heavy atom. The number of nitrogens with zero attached hydrogens (tertiary/aromatic N) is 2. The van der Waals surface area contributed by atoms with Gasteiger partial charge in [-0.3, -0.25) is 4.79 Å². The van der Waals surface area contributed by atoms with Gasteiger partial charge in [-0.25, -0.2) is 4.98 Å². The maximum absolute atomic E-state index is 12.3. The van der Waals surface area contributed by atoms with Crippen molar-refractivity contribution in [2.24, 2.45) is 5.41 Å². The lowest BCUT2D eigenvalue weighted by atomic mass is 9.54. The molecule has 2 heterocycles. The molecule has 22 heavy (non-hydrogen) atoms. The standard InChI is InChI=1S/C17H24N4O/c22-16(20-13-10-17(11-13)4-1-5-17)15-3-2-14(12-19-15)21-8-6-18-7-9-21/h2-3,12-13,18H,1,4-11H2,(H,20,22). The third-order valence-corrected chi connectivity index (χ3v) is 5.57. The van der Waals surface area contributed by atoms with Gasteiger partial charge in [0.05, 0.1) is 11.9 Å². The van der Waals surface area contributed by atoms with E-state index in [1.54, 1.807) is 0 Å². The van der Waals surface area contributed by atoms with E-state index in [1.165, 1.54) is 19.3 Å². The maximum Gasteiger partial charge on any atom is 0.270 e. The van der Waals surface area contributed by atoms with E-state index in [9.17, 15) is 4.79 Å². The van der Waals surface area contributed by atoms with Gasteiger partial charge < -0.3 is 15.5 Å². The Labute approximate surface area is 131 Å². The predicted molar refractivity (Wildman–Crippen MR) is 86.1 cm³/mol. The van der Waals surface area contributed by atoms with Crippen molar-refractivity contribution in [3.8, 4) is 0 Å². The monoisotopic (exact) mass is 300 g/mol. The van der Waals surface area contributed by atoms with Crippen LogP contribution < -0.4 is 15.5 Å². The first-order valence-electron chi connectivity index (χ1n) is 8.47. The quantitative estimate of drug-likeness (QED) is 0.889. The second kappa shape index (κ2) is 5.54. The molecule has 2 saturated carbocycles. The summed E-state index contributed by atoms with van der Waals surface area (Å²) in [5.74, 6) is -0.0222. The Hall–Kier alpha value is -1.62. The van der Waals surface area contributed by atoms with Crippen LogP contribution in [-0.2, 0) is 0 Å². The number of amides is 1. The summed E-state index contributed by atoms with van der Waals surface area (Å²) >= 11 is 0. The van der Waals surface area contributed by atoms with E-state index in [2.05, 4.69) is 20.5 Å². The molecule has 1 saturated heterocycles. The molecule has 1 amide bonds. The van der Waals surface area contributed by atoms with Gasteiger partial charge in [0.25, 0.3) is 5.91 Å². The van der Waals surface area contributed by atoms with Crippen LogP contribution in [0.2, 0.25) is 0 Å². The van der Waals surface area contributed by atoms with Gasteiger partial charge in [-0.1, -0.05) is 6.42 Å². The topological polar surface area (TPSA) is 57.3 Å². The largest absolute Gasteiger partial charge is 0.368 e. The molecule has 118 valence electrons. The predicted octanol–water partition coefficient (Wildman–Crippen LogP) is 1.55. The van der Waals surface area contributed by atoms with Crippen LogP contribution in [0.3, 0.4) is 0 Å². The zero-order valence-corrected chi connectivity index (χ0v) is 13.0. The molecule has 1 aromatic heterocycles. The molecule has 3 fully saturated rings. The lowest BCUT2D eigenvalue weighted by molar-refractivity contribution is -0.000699. The van der Waals surface area contributed by atoms with Crippen LogP contribution >= 0.6 is 0 Å². The highest BCUT2D eigenvalue weighted by molar-refractivity contribution is 5.92. The highest BCUT2D eigenvalue weighted by Gasteiger charge is 2.48. The van der Waals surface area contributed by atoms with Gasteiger partial charge >= 0.3 is 0 Å². The average molecular weight is 300 g/mol. The van der Waals surface area contributed by atoms with Crippen LogP contribution in [0, 0.1) is 5.41 Å². The summed E-state index contributed by atoms with van der Waals surface area (Å²) in [6.07, 6.45) is 8.24. The lowest BCUT2D eigenvalue weighted by Gasteiger charge is -2.54. The van der Waals surface area contributed by atoms with Gasteiger partial charge in [0, 0.05) is 32.2 Å². The van der Waals surface area contributed by atoms with Gasteiger partial charge in [0.1, 0.15) is 5.69 Å². The Balaban J connectivity index is 1.33. The third-order valence-electron chi connectivity index (χ3n) is 5.57. The molecule has 4 rings (SSSR count). The average Bonchev–Trinajstić information content (AvgIpc) is 2.49. The fraction of sp³-hybridized carbons (Fsp3) is 0.647. The van der Waals surface area contributed by atoms with E-state index in [4.69, 9.17) is 0 Å². The van der Waals surface area contributed by atoms with Crippen molar-refractivity contribution < 1.29 is 4.79 Å². The molecule has 0 bridgehead atoms. The molecule has 1 aromatic rings. The van der Waals surface area contributed by atoms with Crippen molar-refractivity contribution in [3.05, 3.63) is 24.0 Å². The summed E-state index contributed by atoms with van der Waals surface area (Å²) in [4.78, 5) is 18.9. The summed E-state index contributed by atoms with van der Waals surface area (Å²) in [7, 11) is 0. The van der Waals surface area contributed by atoms with Crippen molar-refractivity contribution in [3.63, 3.8) is 0 Å². The summed E-state index contributed by atoms with van der Waals surface area (Å²) in [5, 5.41) is 6.47. The Morgan fingerprint density at radius 2 is 2.05 bits per heavy atom. The normalized spacial score (nSPS) is 23.7. The molecule has 2 aliphatic carbocycles. The second-order valence-electron chi connectivity index (χ2n) is 7.07.